The van der Waals surface area contributed by atoms with Crippen molar-refractivity contribution < 1.29 is 28.6 Å². The number of rotatable bonds is 5. The fourth-order valence-electron chi connectivity index (χ4n) is 4.86. The number of hydrazine groups is 1. The first-order valence-electron chi connectivity index (χ1n) is 13.4. The van der Waals surface area contributed by atoms with E-state index in [0.717, 1.165) is 17.1 Å². The second kappa shape index (κ2) is 11.2. The molecule has 0 radical (unpaired) electrons. The fraction of sp³-hybridized carbons (Fsp3) is 0.233. The van der Waals surface area contributed by atoms with Crippen molar-refractivity contribution in [1.82, 2.24) is 19.9 Å². The molecule has 7 N–H and O–H groups in total. The molecule has 12 nitrogen and oxygen atoms in total. The molecule has 3 heterocycles. The van der Waals surface area contributed by atoms with Gasteiger partial charge in [0, 0.05) is 16.8 Å². The van der Waals surface area contributed by atoms with Gasteiger partial charge in [-0.25, -0.2) is 15.0 Å². The number of hydrogen-bond acceptors (Lipinski definition) is 9. The summed E-state index contributed by atoms with van der Waals surface area (Å²) in [5, 5.41) is 16.9. The summed E-state index contributed by atoms with van der Waals surface area (Å²) in [4.78, 5) is 40.8. The Morgan fingerprint density at radius 1 is 1.16 bits per heavy atom. The molecule has 224 valence electrons. The van der Waals surface area contributed by atoms with Crippen molar-refractivity contribution in [3.05, 3.63) is 95.2 Å². The highest BCUT2D eigenvalue weighted by atomic mass is 19.1. The van der Waals surface area contributed by atoms with E-state index in [2.05, 4.69) is 10.6 Å². The lowest BCUT2D eigenvalue weighted by Crippen LogP contribution is -2.51. The van der Waals surface area contributed by atoms with Crippen LogP contribution in [0.5, 0.6) is 5.75 Å². The lowest BCUT2D eigenvalue weighted by molar-refractivity contribution is 0.0216. The lowest BCUT2D eigenvalue weighted by atomic mass is 10.0. The maximum Gasteiger partial charge on any atom is 0.411 e. The van der Waals surface area contributed by atoms with Crippen molar-refractivity contribution in [2.24, 2.45) is 5.84 Å². The van der Waals surface area contributed by atoms with Crippen LogP contribution in [0, 0.1) is 5.82 Å². The SMILES string of the molecule is CC(C)(C)OC(=O)N1CC(=O)c2c(Nc3ccccc3)c(C3=CC(N(N)C(=O)c4ccc(F)c(O)c4)NC=C3)n(N)c2C1. The van der Waals surface area contributed by atoms with Gasteiger partial charge in [0.15, 0.2) is 17.3 Å². The largest absolute Gasteiger partial charge is 0.505 e. The maximum absolute atomic E-state index is 13.6. The number of benzene rings is 2. The third-order valence-electron chi connectivity index (χ3n) is 6.82. The molecular weight excluding hydrogens is 557 g/mol. The molecule has 43 heavy (non-hydrogen) atoms. The third kappa shape index (κ3) is 5.88. The van der Waals surface area contributed by atoms with E-state index < -0.39 is 35.3 Å². The number of aromatic hydroxyl groups is 1. The molecule has 0 saturated heterocycles. The van der Waals surface area contributed by atoms with Gasteiger partial charge >= 0.3 is 6.09 Å². The number of para-hydroxylation sites is 1. The van der Waals surface area contributed by atoms with Crippen molar-refractivity contribution in [2.75, 3.05) is 17.7 Å². The molecule has 0 spiro atoms. The number of nitrogen functional groups attached to an aromatic ring is 1. The topological polar surface area (TPSA) is 168 Å². The van der Waals surface area contributed by atoms with Gasteiger partial charge < -0.3 is 26.3 Å². The lowest BCUT2D eigenvalue weighted by Gasteiger charge is -2.30. The number of carbonyl (C=O) groups is 3. The van der Waals surface area contributed by atoms with E-state index >= 15 is 0 Å². The molecule has 13 heteroatoms. The molecule has 2 aliphatic rings. The van der Waals surface area contributed by atoms with Gasteiger partial charge in [-0.1, -0.05) is 18.2 Å². The first kappa shape index (κ1) is 29.2. The van der Waals surface area contributed by atoms with Gasteiger partial charge in [-0.2, -0.15) is 0 Å². The Bertz CT molecular complexity index is 1660. The Balaban J connectivity index is 1.55. The van der Waals surface area contributed by atoms with Crippen LogP contribution in [0.4, 0.5) is 20.6 Å². The number of carbonyl (C=O) groups excluding carboxylic acids is 3. The van der Waals surface area contributed by atoms with Gasteiger partial charge in [0.25, 0.3) is 5.91 Å². The van der Waals surface area contributed by atoms with Gasteiger partial charge in [-0.15, -0.1) is 0 Å². The van der Waals surface area contributed by atoms with Gasteiger partial charge in [-0.05, 0) is 69.5 Å². The van der Waals surface area contributed by atoms with Crippen LogP contribution in [0.25, 0.3) is 5.57 Å². The minimum absolute atomic E-state index is 0.0180. The zero-order chi connectivity index (χ0) is 31.1. The van der Waals surface area contributed by atoms with Crippen LogP contribution in [0.2, 0.25) is 0 Å². The summed E-state index contributed by atoms with van der Waals surface area (Å²) in [5.74, 6) is 10.2. The highest BCUT2D eigenvalue weighted by Gasteiger charge is 2.37. The Morgan fingerprint density at radius 2 is 1.88 bits per heavy atom. The van der Waals surface area contributed by atoms with Crippen LogP contribution >= 0.6 is 0 Å². The molecule has 2 aromatic carbocycles. The third-order valence-corrected chi connectivity index (χ3v) is 6.82. The molecule has 1 unspecified atom stereocenters. The van der Waals surface area contributed by atoms with Crippen molar-refractivity contribution in [3.63, 3.8) is 0 Å². The Morgan fingerprint density at radius 3 is 2.56 bits per heavy atom. The van der Waals surface area contributed by atoms with Gasteiger partial charge in [0.1, 0.15) is 11.8 Å². The summed E-state index contributed by atoms with van der Waals surface area (Å²) < 4.78 is 20.4. The first-order chi connectivity index (χ1) is 20.3. The number of allylic oxidation sites excluding steroid dienone is 2. The summed E-state index contributed by atoms with van der Waals surface area (Å²) in [6.07, 6.45) is 3.39. The summed E-state index contributed by atoms with van der Waals surface area (Å²) in [5.41, 5.74) is 1.99. The van der Waals surface area contributed by atoms with Gasteiger partial charge in [0.2, 0.25) is 0 Å². The molecule has 0 bridgehead atoms. The van der Waals surface area contributed by atoms with Crippen molar-refractivity contribution >= 4 is 34.7 Å². The molecular formula is C30H32FN7O5. The van der Waals surface area contributed by atoms with Gasteiger partial charge in [-0.3, -0.25) is 24.2 Å². The number of Topliss-reactive ketones (excluding diaryl/α,β-unsaturated/α-hetero) is 1. The van der Waals surface area contributed by atoms with E-state index in [1.807, 2.05) is 30.3 Å². The number of nitrogens with two attached hydrogens (primary N) is 2. The van der Waals surface area contributed by atoms with E-state index in [9.17, 15) is 23.9 Å². The number of halogens is 1. The number of dihydropyridines is 1. The number of anilines is 2. The number of ketones is 1. The number of phenols is 1. The van der Waals surface area contributed by atoms with Crippen LogP contribution in [0.15, 0.2) is 66.9 Å². The number of ether oxygens (including phenoxy) is 1. The number of fused-ring (bicyclic) bond motifs is 1. The highest BCUT2D eigenvalue weighted by molar-refractivity contribution is 6.09. The highest BCUT2D eigenvalue weighted by Crippen LogP contribution is 2.38. The second-order valence-corrected chi connectivity index (χ2v) is 11.1. The molecule has 3 aromatic rings. The smallest absolute Gasteiger partial charge is 0.411 e. The van der Waals surface area contributed by atoms with E-state index in [4.69, 9.17) is 16.4 Å². The fourth-order valence-corrected chi connectivity index (χ4v) is 4.86. The normalized spacial score (nSPS) is 16.2. The van der Waals surface area contributed by atoms with Crippen LogP contribution in [-0.2, 0) is 11.3 Å². The first-order valence-corrected chi connectivity index (χ1v) is 13.4. The average molecular weight is 590 g/mol. The van der Waals surface area contributed by atoms with E-state index in [1.165, 1.54) is 15.6 Å². The molecule has 2 aliphatic heterocycles. The van der Waals surface area contributed by atoms with E-state index in [-0.39, 0.29) is 24.4 Å². The molecule has 0 saturated carbocycles. The minimum Gasteiger partial charge on any atom is -0.505 e. The van der Waals surface area contributed by atoms with Crippen molar-refractivity contribution in [3.8, 4) is 5.75 Å². The average Bonchev–Trinajstić information content (AvgIpc) is 3.24. The molecule has 5 rings (SSSR count). The van der Waals surface area contributed by atoms with Crippen LogP contribution < -0.4 is 22.3 Å². The van der Waals surface area contributed by atoms with Gasteiger partial charge in [0.05, 0.1) is 35.7 Å². The quantitative estimate of drug-likeness (QED) is 0.170. The van der Waals surface area contributed by atoms with Crippen molar-refractivity contribution in [1.29, 1.82) is 0 Å². The number of amides is 2. The second-order valence-electron chi connectivity index (χ2n) is 11.1. The summed E-state index contributed by atoms with van der Waals surface area (Å²) in [6, 6.07) is 12.4. The van der Waals surface area contributed by atoms with E-state index in [0.29, 0.717) is 33.9 Å². The number of hydrogen-bond donors (Lipinski definition) is 5. The minimum atomic E-state index is -0.884. The number of nitrogens with one attached hydrogen (secondary N) is 2. The summed E-state index contributed by atoms with van der Waals surface area (Å²) in [7, 11) is 0. The maximum atomic E-state index is 13.6. The summed E-state index contributed by atoms with van der Waals surface area (Å²) >= 11 is 0. The van der Waals surface area contributed by atoms with Crippen LogP contribution in [-0.4, -0.2) is 55.8 Å². The zero-order valence-electron chi connectivity index (χ0n) is 23.8. The zero-order valence-corrected chi connectivity index (χ0v) is 23.8. The molecule has 2 amide bonds. The Labute approximate surface area is 246 Å². The predicted octanol–water partition coefficient (Wildman–Crippen LogP) is 3.57. The summed E-state index contributed by atoms with van der Waals surface area (Å²) in [6.45, 7) is 5.03. The molecule has 0 aliphatic carbocycles. The predicted molar refractivity (Wildman–Crippen MR) is 158 cm³/mol. The Kier molecular flexibility index (Phi) is 7.59. The number of phenolic OH excluding ortho intramolecular Hbond substituents is 1. The number of nitrogens with zero attached hydrogens (tertiary/aromatic N) is 3. The Hall–Kier alpha value is -5.30. The molecule has 0 fully saturated rings. The molecule has 1 aromatic heterocycles. The monoisotopic (exact) mass is 589 g/mol. The van der Waals surface area contributed by atoms with Crippen molar-refractivity contribution in [2.45, 2.75) is 39.1 Å². The number of aromatic nitrogens is 1. The molecule has 1 atom stereocenters. The van der Waals surface area contributed by atoms with Crippen LogP contribution in [0.3, 0.4) is 0 Å². The van der Waals surface area contributed by atoms with E-state index in [1.54, 1.807) is 39.1 Å². The standard InChI is InChI=1S/C30H32FN7O5/c1-30(2,3)43-29(42)36-15-21-25(23(40)16-36)26(35-19-7-5-4-6-8-19)27(37(21)32)17-11-12-34-24(14-17)38(33)28(41)18-9-10-20(31)22(39)13-18/h4-14,24,34-35,39H,15-16,32-33H2,1-3H3. The van der Waals surface area contributed by atoms with Crippen LogP contribution in [0.1, 0.15) is 52.9 Å².